The molecule has 1 aliphatic carbocycles. The first-order chi connectivity index (χ1) is 7.72. The molecule has 0 fully saturated rings. The molecule has 2 rings (SSSR count). The van der Waals surface area contributed by atoms with Gasteiger partial charge in [0.05, 0.1) is 6.10 Å². The molecule has 1 aliphatic rings. The summed E-state index contributed by atoms with van der Waals surface area (Å²) in [7, 11) is 0. The molecule has 1 aromatic rings. The summed E-state index contributed by atoms with van der Waals surface area (Å²) >= 11 is 0. The third-order valence-corrected chi connectivity index (χ3v) is 3.41. The van der Waals surface area contributed by atoms with Gasteiger partial charge < -0.3 is 10.5 Å². The van der Waals surface area contributed by atoms with Crippen LogP contribution in [0, 0.1) is 0 Å². The van der Waals surface area contributed by atoms with Crippen molar-refractivity contribution < 1.29 is 4.74 Å². The van der Waals surface area contributed by atoms with Gasteiger partial charge in [0, 0.05) is 6.04 Å². The van der Waals surface area contributed by atoms with E-state index in [9.17, 15) is 0 Å². The summed E-state index contributed by atoms with van der Waals surface area (Å²) in [5.41, 5.74) is 8.74. The number of hydrogen-bond donors (Lipinski definition) is 1. The van der Waals surface area contributed by atoms with Crippen LogP contribution in [0.1, 0.15) is 50.3 Å². The van der Waals surface area contributed by atoms with Crippen molar-refractivity contribution in [2.45, 2.75) is 51.7 Å². The van der Waals surface area contributed by atoms with E-state index < -0.39 is 0 Å². The Hall–Kier alpha value is -1.02. The van der Waals surface area contributed by atoms with Gasteiger partial charge in [0.15, 0.2) is 0 Å². The Labute approximate surface area is 97.8 Å². The molecule has 2 N–H and O–H groups in total. The minimum atomic E-state index is 0.198. The second-order valence-corrected chi connectivity index (χ2v) is 4.66. The monoisotopic (exact) mass is 219 g/mol. The average molecular weight is 219 g/mol. The molecule has 0 saturated heterocycles. The summed E-state index contributed by atoms with van der Waals surface area (Å²) in [6.07, 6.45) is 4.70. The second kappa shape index (κ2) is 4.88. The Morgan fingerprint density at radius 2 is 2.31 bits per heavy atom. The maximum atomic E-state index is 6.12. The summed E-state index contributed by atoms with van der Waals surface area (Å²) < 4.78 is 5.95. The topological polar surface area (TPSA) is 35.2 Å². The summed E-state index contributed by atoms with van der Waals surface area (Å²) in [6.45, 7) is 4.26. The Bertz CT molecular complexity index is 362. The van der Waals surface area contributed by atoms with E-state index in [1.54, 1.807) is 0 Å². The van der Waals surface area contributed by atoms with Crippen molar-refractivity contribution in [3.8, 4) is 5.75 Å². The molecule has 0 radical (unpaired) electrons. The van der Waals surface area contributed by atoms with Crippen molar-refractivity contribution in [2.75, 3.05) is 0 Å². The van der Waals surface area contributed by atoms with E-state index in [0.717, 1.165) is 25.0 Å². The summed E-state index contributed by atoms with van der Waals surface area (Å²) in [4.78, 5) is 0. The van der Waals surface area contributed by atoms with Gasteiger partial charge >= 0.3 is 0 Å². The fraction of sp³-hybridized carbons (Fsp3) is 0.571. The molecule has 2 nitrogen and oxygen atoms in total. The van der Waals surface area contributed by atoms with E-state index in [0.29, 0.717) is 0 Å². The number of ether oxygens (including phenoxy) is 1. The Kier molecular flexibility index (Phi) is 3.49. The predicted octanol–water partition coefficient (Wildman–Crippen LogP) is 3.20. The van der Waals surface area contributed by atoms with Crippen LogP contribution >= 0.6 is 0 Å². The van der Waals surface area contributed by atoms with Crippen LogP contribution in [-0.4, -0.2) is 6.10 Å². The lowest BCUT2D eigenvalue weighted by Gasteiger charge is -2.25. The molecule has 0 spiro atoms. The highest BCUT2D eigenvalue weighted by Crippen LogP contribution is 2.34. The van der Waals surface area contributed by atoms with Crippen LogP contribution in [0.2, 0.25) is 0 Å². The lowest BCUT2D eigenvalue weighted by molar-refractivity contribution is 0.214. The molecule has 2 unspecified atom stereocenters. The molecule has 0 saturated carbocycles. The quantitative estimate of drug-likeness (QED) is 0.847. The molecule has 2 heteroatoms. The second-order valence-electron chi connectivity index (χ2n) is 4.66. The minimum Gasteiger partial charge on any atom is -0.490 e. The first kappa shape index (κ1) is 11.5. The Morgan fingerprint density at radius 3 is 3.06 bits per heavy atom. The SMILES string of the molecule is CCC(C)Oc1cccc2c1CCCC2N. The van der Waals surface area contributed by atoms with E-state index in [1.807, 2.05) is 0 Å². The van der Waals surface area contributed by atoms with E-state index in [4.69, 9.17) is 10.5 Å². The van der Waals surface area contributed by atoms with Gasteiger partial charge in [0.2, 0.25) is 0 Å². The van der Waals surface area contributed by atoms with Crippen molar-refractivity contribution in [1.29, 1.82) is 0 Å². The van der Waals surface area contributed by atoms with Gasteiger partial charge in [-0.25, -0.2) is 0 Å². The van der Waals surface area contributed by atoms with Gasteiger partial charge in [-0.3, -0.25) is 0 Å². The van der Waals surface area contributed by atoms with Crippen LogP contribution in [0.25, 0.3) is 0 Å². The van der Waals surface area contributed by atoms with Crippen LogP contribution in [0.15, 0.2) is 18.2 Å². The van der Waals surface area contributed by atoms with Gasteiger partial charge in [-0.1, -0.05) is 19.1 Å². The third-order valence-electron chi connectivity index (χ3n) is 3.41. The highest BCUT2D eigenvalue weighted by Gasteiger charge is 2.20. The number of rotatable bonds is 3. The standard InChI is InChI=1S/C14H21NO/c1-3-10(2)16-14-9-5-6-11-12(14)7-4-8-13(11)15/h5-6,9-10,13H,3-4,7-8,15H2,1-2H3. The van der Waals surface area contributed by atoms with Gasteiger partial charge in [-0.15, -0.1) is 0 Å². The zero-order valence-corrected chi connectivity index (χ0v) is 10.2. The summed E-state index contributed by atoms with van der Waals surface area (Å²) in [6, 6.07) is 6.47. The molecule has 0 aromatic heterocycles. The molecular weight excluding hydrogens is 198 g/mol. The van der Waals surface area contributed by atoms with Gasteiger partial charge in [-0.05, 0) is 49.8 Å². The maximum Gasteiger partial charge on any atom is 0.123 e. The molecule has 16 heavy (non-hydrogen) atoms. The predicted molar refractivity (Wildman–Crippen MR) is 66.7 cm³/mol. The van der Waals surface area contributed by atoms with Crippen molar-refractivity contribution >= 4 is 0 Å². The molecule has 0 heterocycles. The van der Waals surface area contributed by atoms with Crippen molar-refractivity contribution in [3.05, 3.63) is 29.3 Å². The highest BCUT2D eigenvalue weighted by molar-refractivity contribution is 5.43. The van der Waals surface area contributed by atoms with E-state index in [2.05, 4.69) is 32.0 Å². The largest absolute Gasteiger partial charge is 0.490 e. The first-order valence-electron chi connectivity index (χ1n) is 6.26. The van der Waals surface area contributed by atoms with Gasteiger partial charge in [0.1, 0.15) is 5.75 Å². The number of fused-ring (bicyclic) bond motifs is 1. The number of benzene rings is 1. The van der Waals surface area contributed by atoms with Crippen LogP contribution in [-0.2, 0) is 6.42 Å². The smallest absolute Gasteiger partial charge is 0.123 e. The fourth-order valence-corrected chi connectivity index (χ4v) is 2.26. The molecule has 0 amide bonds. The first-order valence-corrected chi connectivity index (χ1v) is 6.26. The van der Waals surface area contributed by atoms with Crippen molar-refractivity contribution in [3.63, 3.8) is 0 Å². The molecule has 0 bridgehead atoms. The van der Waals surface area contributed by atoms with Crippen molar-refractivity contribution in [2.24, 2.45) is 5.73 Å². The van der Waals surface area contributed by atoms with Gasteiger partial charge in [-0.2, -0.15) is 0 Å². The van der Waals surface area contributed by atoms with Crippen LogP contribution in [0.5, 0.6) is 5.75 Å². The average Bonchev–Trinajstić information content (AvgIpc) is 2.30. The van der Waals surface area contributed by atoms with Crippen molar-refractivity contribution in [1.82, 2.24) is 0 Å². The number of nitrogens with two attached hydrogens (primary N) is 1. The molecular formula is C14H21NO. The lowest BCUT2D eigenvalue weighted by Crippen LogP contribution is -2.19. The number of hydrogen-bond acceptors (Lipinski definition) is 2. The Balaban J connectivity index is 2.29. The minimum absolute atomic E-state index is 0.198. The molecule has 0 aliphatic heterocycles. The normalized spacial score (nSPS) is 21.3. The molecule has 88 valence electrons. The van der Waals surface area contributed by atoms with E-state index in [1.165, 1.54) is 17.5 Å². The van der Waals surface area contributed by atoms with Crippen LogP contribution < -0.4 is 10.5 Å². The lowest BCUT2D eigenvalue weighted by atomic mass is 9.87. The molecule has 2 atom stereocenters. The zero-order chi connectivity index (χ0) is 11.5. The van der Waals surface area contributed by atoms with E-state index >= 15 is 0 Å². The summed E-state index contributed by atoms with van der Waals surface area (Å²) in [5, 5.41) is 0. The maximum absolute atomic E-state index is 6.12. The van der Waals surface area contributed by atoms with Gasteiger partial charge in [0.25, 0.3) is 0 Å². The third kappa shape index (κ3) is 2.22. The zero-order valence-electron chi connectivity index (χ0n) is 10.2. The van der Waals surface area contributed by atoms with Crippen LogP contribution in [0.3, 0.4) is 0 Å². The molecule has 1 aromatic carbocycles. The summed E-state index contributed by atoms with van der Waals surface area (Å²) in [5.74, 6) is 1.04. The Morgan fingerprint density at radius 1 is 1.50 bits per heavy atom. The highest BCUT2D eigenvalue weighted by atomic mass is 16.5. The van der Waals surface area contributed by atoms with E-state index in [-0.39, 0.29) is 12.1 Å². The van der Waals surface area contributed by atoms with Crippen LogP contribution in [0.4, 0.5) is 0 Å². The fourth-order valence-electron chi connectivity index (χ4n) is 2.26.